The summed E-state index contributed by atoms with van der Waals surface area (Å²) in [5, 5.41) is 6.72. The summed E-state index contributed by atoms with van der Waals surface area (Å²) in [5.74, 6) is -0.340. The van der Waals surface area contributed by atoms with Gasteiger partial charge in [-0.2, -0.15) is 0 Å². The molecule has 0 fully saturated rings. The highest BCUT2D eigenvalue weighted by Gasteiger charge is 1.92. The molecule has 0 aliphatic rings. The van der Waals surface area contributed by atoms with Crippen molar-refractivity contribution in [3.8, 4) is 0 Å². The third kappa shape index (κ3) is 1.13. The van der Waals surface area contributed by atoms with Crippen LogP contribution in [0, 0.1) is 11.2 Å². The molecule has 0 spiro atoms. The van der Waals surface area contributed by atoms with Gasteiger partial charge in [0, 0.05) is 11.8 Å². The zero-order valence-electron chi connectivity index (χ0n) is 4.76. The molecule has 1 aromatic rings. The molecule has 2 heteroatoms. The summed E-state index contributed by atoms with van der Waals surface area (Å²) in [6.45, 7) is 0. The molecule has 0 saturated carbocycles. The Morgan fingerprint density at radius 3 is 2.44 bits per heavy atom. The van der Waals surface area contributed by atoms with E-state index in [1.807, 2.05) is 0 Å². The fourth-order valence-corrected chi connectivity index (χ4v) is 0.592. The minimum atomic E-state index is -0.340. The van der Waals surface area contributed by atoms with E-state index in [1.54, 1.807) is 18.2 Å². The first kappa shape index (κ1) is 5.95. The average molecular weight is 123 g/mol. The lowest BCUT2D eigenvalue weighted by atomic mass is 10.2. The van der Waals surface area contributed by atoms with Crippen LogP contribution >= 0.6 is 0 Å². The van der Waals surface area contributed by atoms with E-state index in [0.717, 1.165) is 6.21 Å². The summed E-state index contributed by atoms with van der Waals surface area (Å²) in [4.78, 5) is 0. The summed E-state index contributed by atoms with van der Waals surface area (Å²) >= 11 is 0. The molecule has 0 amide bonds. The van der Waals surface area contributed by atoms with E-state index in [2.05, 4.69) is 0 Å². The van der Waals surface area contributed by atoms with Gasteiger partial charge in [0.05, 0.1) is 0 Å². The third-order valence-corrected chi connectivity index (χ3v) is 1.06. The van der Waals surface area contributed by atoms with E-state index in [1.165, 1.54) is 6.07 Å². The lowest BCUT2D eigenvalue weighted by molar-refractivity contribution is 0.626. The zero-order chi connectivity index (χ0) is 6.69. The minimum absolute atomic E-state index is 0.331. The molecule has 0 atom stereocenters. The standard InChI is InChI=1S/C7H6FN/c8-7-4-2-1-3-6(7)5-9/h1-5,9H. The van der Waals surface area contributed by atoms with Crippen LogP contribution in [0.3, 0.4) is 0 Å². The van der Waals surface area contributed by atoms with Gasteiger partial charge in [-0.15, -0.1) is 0 Å². The van der Waals surface area contributed by atoms with Crippen LogP contribution in [-0.4, -0.2) is 6.21 Å². The van der Waals surface area contributed by atoms with Crippen molar-refractivity contribution in [2.24, 2.45) is 0 Å². The lowest BCUT2D eigenvalue weighted by Gasteiger charge is -1.90. The van der Waals surface area contributed by atoms with Crippen LogP contribution in [0.1, 0.15) is 5.56 Å². The smallest absolute Gasteiger partial charge is 0.131 e. The van der Waals surface area contributed by atoms with Crippen LogP contribution in [0.5, 0.6) is 0 Å². The zero-order valence-corrected chi connectivity index (χ0v) is 4.76. The summed E-state index contributed by atoms with van der Waals surface area (Å²) < 4.78 is 12.4. The quantitative estimate of drug-likeness (QED) is 0.551. The summed E-state index contributed by atoms with van der Waals surface area (Å²) in [5.41, 5.74) is 0.331. The van der Waals surface area contributed by atoms with Crippen LogP contribution in [0.25, 0.3) is 0 Å². The number of nitrogens with one attached hydrogen (secondary N) is 1. The number of halogens is 1. The predicted molar refractivity (Wildman–Crippen MR) is 34.3 cm³/mol. The molecule has 0 aliphatic heterocycles. The Bertz CT molecular complexity index is 220. The van der Waals surface area contributed by atoms with Gasteiger partial charge in [-0.3, -0.25) is 0 Å². The monoisotopic (exact) mass is 123 g/mol. The van der Waals surface area contributed by atoms with Gasteiger partial charge in [-0.05, 0) is 6.07 Å². The Balaban J connectivity index is 3.15. The van der Waals surface area contributed by atoms with Crippen molar-refractivity contribution >= 4 is 6.21 Å². The molecule has 9 heavy (non-hydrogen) atoms. The highest BCUT2D eigenvalue weighted by atomic mass is 19.1. The summed E-state index contributed by atoms with van der Waals surface area (Å²) in [7, 11) is 0. The number of hydrogen-bond donors (Lipinski definition) is 1. The van der Waals surface area contributed by atoms with E-state index in [-0.39, 0.29) is 5.82 Å². The Hall–Kier alpha value is -1.18. The van der Waals surface area contributed by atoms with Crippen LogP contribution in [0.15, 0.2) is 24.3 Å². The largest absolute Gasteiger partial charge is 0.308 e. The molecular weight excluding hydrogens is 117 g/mol. The van der Waals surface area contributed by atoms with Gasteiger partial charge in [0.2, 0.25) is 0 Å². The van der Waals surface area contributed by atoms with Crippen LogP contribution < -0.4 is 0 Å². The van der Waals surface area contributed by atoms with Gasteiger partial charge in [-0.25, -0.2) is 4.39 Å². The first-order valence-corrected chi connectivity index (χ1v) is 2.59. The second-order valence-electron chi connectivity index (χ2n) is 1.67. The topological polar surface area (TPSA) is 23.9 Å². The highest BCUT2D eigenvalue weighted by Crippen LogP contribution is 2.01. The van der Waals surface area contributed by atoms with Crippen molar-refractivity contribution in [1.29, 1.82) is 5.41 Å². The molecular formula is C7H6FN. The Morgan fingerprint density at radius 2 is 2.00 bits per heavy atom. The SMILES string of the molecule is N=Cc1ccccc1F. The second kappa shape index (κ2) is 2.40. The Morgan fingerprint density at radius 1 is 1.33 bits per heavy atom. The lowest BCUT2D eigenvalue weighted by Crippen LogP contribution is -1.83. The van der Waals surface area contributed by atoms with Crippen LogP contribution in [-0.2, 0) is 0 Å². The van der Waals surface area contributed by atoms with Crippen molar-refractivity contribution < 1.29 is 4.39 Å². The molecule has 0 unspecified atom stereocenters. The Labute approximate surface area is 52.6 Å². The molecule has 1 rings (SSSR count). The maximum Gasteiger partial charge on any atom is 0.131 e. The van der Waals surface area contributed by atoms with E-state index in [0.29, 0.717) is 5.56 Å². The van der Waals surface area contributed by atoms with Gasteiger partial charge in [-0.1, -0.05) is 18.2 Å². The third-order valence-electron chi connectivity index (χ3n) is 1.06. The molecule has 46 valence electrons. The summed E-state index contributed by atoms with van der Waals surface area (Å²) in [6.07, 6.45) is 0.995. The number of rotatable bonds is 1. The van der Waals surface area contributed by atoms with E-state index >= 15 is 0 Å². The fourth-order valence-electron chi connectivity index (χ4n) is 0.592. The maximum atomic E-state index is 12.4. The van der Waals surface area contributed by atoms with Gasteiger partial charge < -0.3 is 5.41 Å². The fraction of sp³-hybridized carbons (Fsp3) is 0. The normalized spacial score (nSPS) is 9.00. The number of benzene rings is 1. The Kier molecular flexibility index (Phi) is 1.58. The molecule has 0 radical (unpaired) electrons. The minimum Gasteiger partial charge on any atom is -0.308 e. The van der Waals surface area contributed by atoms with Crippen molar-refractivity contribution in [3.05, 3.63) is 35.6 Å². The molecule has 0 saturated heterocycles. The predicted octanol–water partition coefficient (Wildman–Crippen LogP) is 1.82. The molecule has 0 aliphatic carbocycles. The van der Waals surface area contributed by atoms with E-state index in [4.69, 9.17) is 5.41 Å². The van der Waals surface area contributed by atoms with Crippen molar-refractivity contribution in [2.75, 3.05) is 0 Å². The highest BCUT2D eigenvalue weighted by molar-refractivity contribution is 5.76. The molecule has 0 bridgehead atoms. The second-order valence-corrected chi connectivity index (χ2v) is 1.67. The molecule has 1 N–H and O–H groups in total. The average Bonchev–Trinajstić information content (AvgIpc) is 1.89. The van der Waals surface area contributed by atoms with Gasteiger partial charge in [0.1, 0.15) is 5.82 Å². The van der Waals surface area contributed by atoms with Gasteiger partial charge in [0.25, 0.3) is 0 Å². The maximum absolute atomic E-state index is 12.4. The van der Waals surface area contributed by atoms with Crippen LogP contribution in [0.2, 0.25) is 0 Å². The first-order valence-electron chi connectivity index (χ1n) is 2.59. The molecule has 1 aromatic carbocycles. The van der Waals surface area contributed by atoms with Crippen LogP contribution in [0.4, 0.5) is 4.39 Å². The molecule has 0 aromatic heterocycles. The van der Waals surface area contributed by atoms with Crippen molar-refractivity contribution in [2.45, 2.75) is 0 Å². The van der Waals surface area contributed by atoms with E-state index in [9.17, 15) is 4.39 Å². The van der Waals surface area contributed by atoms with E-state index < -0.39 is 0 Å². The van der Waals surface area contributed by atoms with Crippen molar-refractivity contribution in [3.63, 3.8) is 0 Å². The number of hydrogen-bond acceptors (Lipinski definition) is 1. The first-order chi connectivity index (χ1) is 4.34. The molecule has 0 heterocycles. The molecule has 1 nitrogen and oxygen atoms in total. The van der Waals surface area contributed by atoms with Gasteiger partial charge >= 0.3 is 0 Å². The van der Waals surface area contributed by atoms with Crippen molar-refractivity contribution in [1.82, 2.24) is 0 Å². The summed E-state index contributed by atoms with van der Waals surface area (Å²) in [6, 6.07) is 6.19. The van der Waals surface area contributed by atoms with Gasteiger partial charge in [0.15, 0.2) is 0 Å².